The van der Waals surface area contributed by atoms with E-state index in [0.717, 1.165) is 11.1 Å². The van der Waals surface area contributed by atoms with Crippen LogP contribution in [0.5, 0.6) is 11.5 Å². The molecule has 98 valence electrons. The molecule has 2 aromatic carbocycles. The Bertz CT molecular complexity index is 612. The summed E-state index contributed by atoms with van der Waals surface area (Å²) >= 11 is 5.90. The molecule has 0 radical (unpaired) electrons. The predicted molar refractivity (Wildman–Crippen MR) is 72.5 cm³/mol. The summed E-state index contributed by atoms with van der Waals surface area (Å²) in [5, 5.41) is 19.9. The minimum absolute atomic E-state index is 0.0437. The van der Waals surface area contributed by atoms with Crippen molar-refractivity contribution < 1.29 is 14.9 Å². The number of phenolic OH excluding ortho intramolecular Hbond substituents is 1. The van der Waals surface area contributed by atoms with Crippen molar-refractivity contribution in [3.8, 4) is 11.5 Å². The number of benzene rings is 2. The normalized spacial score (nSPS) is 21.6. The third-order valence-corrected chi connectivity index (χ3v) is 3.63. The summed E-state index contributed by atoms with van der Waals surface area (Å²) in [5.41, 5.74) is 1.65. The van der Waals surface area contributed by atoms with Crippen LogP contribution in [0, 0.1) is 0 Å². The van der Waals surface area contributed by atoms with Crippen LogP contribution in [0.2, 0.25) is 5.02 Å². The second-order valence-corrected chi connectivity index (χ2v) is 5.01. The number of rotatable bonds is 1. The van der Waals surface area contributed by atoms with Crippen LogP contribution in [0.1, 0.15) is 29.8 Å². The van der Waals surface area contributed by atoms with E-state index in [-0.39, 0.29) is 16.9 Å². The van der Waals surface area contributed by atoms with Crippen LogP contribution in [0.25, 0.3) is 0 Å². The van der Waals surface area contributed by atoms with Crippen molar-refractivity contribution in [2.75, 3.05) is 0 Å². The highest BCUT2D eigenvalue weighted by Gasteiger charge is 2.27. The average molecular weight is 277 g/mol. The second-order valence-electron chi connectivity index (χ2n) is 4.61. The molecule has 19 heavy (non-hydrogen) atoms. The zero-order valence-corrected chi connectivity index (χ0v) is 10.8. The Hall–Kier alpha value is -1.71. The van der Waals surface area contributed by atoms with Crippen LogP contribution < -0.4 is 4.74 Å². The predicted octanol–water partition coefficient (Wildman–Crippen LogP) is 3.60. The van der Waals surface area contributed by atoms with Gasteiger partial charge in [-0.3, -0.25) is 0 Å². The quantitative estimate of drug-likeness (QED) is 0.837. The molecule has 3 nitrogen and oxygen atoms in total. The van der Waals surface area contributed by atoms with Gasteiger partial charge in [0.05, 0.1) is 11.1 Å². The molecule has 4 heteroatoms. The number of aliphatic hydroxyl groups is 1. The fraction of sp³-hybridized carbons (Fsp3) is 0.200. The summed E-state index contributed by atoms with van der Waals surface area (Å²) in [5.74, 6) is 0.734. The van der Waals surface area contributed by atoms with Gasteiger partial charge in [0.2, 0.25) is 0 Å². The number of phenols is 1. The highest BCUT2D eigenvalue weighted by Crippen LogP contribution is 2.41. The first-order valence-corrected chi connectivity index (χ1v) is 6.45. The lowest BCUT2D eigenvalue weighted by Gasteiger charge is -2.30. The van der Waals surface area contributed by atoms with E-state index < -0.39 is 6.10 Å². The van der Waals surface area contributed by atoms with Crippen LogP contribution in [-0.2, 0) is 0 Å². The van der Waals surface area contributed by atoms with E-state index in [9.17, 15) is 10.2 Å². The zero-order valence-electron chi connectivity index (χ0n) is 10.1. The molecule has 0 bridgehead atoms. The lowest BCUT2D eigenvalue weighted by molar-refractivity contribution is 0.0657. The van der Waals surface area contributed by atoms with Crippen molar-refractivity contribution in [3.05, 3.63) is 58.6 Å². The van der Waals surface area contributed by atoms with Gasteiger partial charge in [0, 0.05) is 12.0 Å². The second kappa shape index (κ2) is 4.76. The summed E-state index contributed by atoms with van der Waals surface area (Å²) in [7, 11) is 0. The van der Waals surface area contributed by atoms with E-state index in [1.807, 2.05) is 24.3 Å². The highest BCUT2D eigenvalue weighted by atomic mass is 35.5. The first kappa shape index (κ1) is 12.3. The average Bonchev–Trinajstić information content (AvgIpc) is 2.42. The molecule has 0 fully saturated rings. The van der Waals surface area contributed by atoms with Crippen LogP contribution in [0.15, 0.2) is 42.5 Å². The van der Waals surface area contributed by atoms with Crippen molar-refractivity contribution in [3.63, 3.8) is 0 Å². The number of fused-ring (bicyclic) bond motifs is 1. The van der Waals surface area contributed by atoms with Crippen LogP contribution >= 0.6 is 11.6 Å². The molecule has 3 rings (SSSR count). The van der Waals surface area contributed by atoms with Gasteiger partial charge in [0.25, 0.3) is 0 Å². The number of hydrogen-bond acceptors (Lipinski definition) is 3. The topological polar surface area (TPSA) is 49.7 Å². The SMILES string of the molecule is Oc1ccc(C2C[C@H](O)c3ccccc3O2)cc1Cl. The Kier molecular flexibility index (Phi) is 3.09. The van der Waals surface area contributed by atoms with Crippen molar-refractivity contribution in [2.24, 2.45) is 0 Å². The Morgan fingerprint density at radius 3 is 2.74 bits per heavy atom. The first-order chi connectivity index (χ1) is 9.15. The van der Waals surface area contributed by atoms with Crippen molar-refractivity contribution >= 4 is 11.6 Å². The third-order valence-electron chi connectivity index (χ3n) is 3.33. The van der Waals surface area contributed by atoms with E-state index in [1.54, 1.807) is 12.1 Å². The molecule has 0 aliphatic carbocycles. The van der Waals surface area contributed by atoms with E-state index in [2.05, 4.69) is 0 Å². The molecule has 1 heterocycles. The number of hydrogen-bond donors (Lipinski definition) is 2. The zero-order chi connectivity index (χ0) is 13.4. The molecule has 0 saturated heterocycles. The van der Waals surface area contributed by atoms with Gasteiger partial charge in [-0.05, 0) is 23.8 Å². The van der Waals surface area contributed by atoms with Gasteiger partial charge in [0.1, 0.15) is 17.6 Å². The Morgan fingerprint density at radius 2 is 1.95 bits per heavy atom. The molecule has 2 aromatic rings. The van der Waals surface area contributed by atoms with E-state index in [4.69, 9.17) is 16.3 Å². The third kappa shape index (κ3) is 2.27. The number of aliphatic hydroxyl groups excluding tert-OH is 1. The maximum atomic E-state index is 10.2. The fourth-order valence-electron chi connectivity index (χ4n) is 2.32. The molecule has 1 aliphatic heterocycles. The van der Waals surface area contributed by atoms with E-state index in [1.165, 1.54) is 6.07 Å². The van der Waals surface area contributed by atoms with Crippen LogP contribution in [0.4, 0.5) is 0 Å². The van der Waals surface area contributed by atoms with Gasteiger partial charge < -0.3 is 14.9 Å². The molecular weight excluding hydrogens is 264 g/mol. The van der Waals surface area contributed by atoms with Crippen molar-refractivity contribution in [2.45, 2.75) is 18.6 Å². The fourth-order valence-corrected chi connectivity index (χ4v) is 2.51. The van der Waals surface area contributed by atoms with Crippen molar-refractivity contribution in [1.82, 2.24) is 0 Å². The molecule has 2 atom stereocenters. The smallest absolute Gasteiger partial charge is 0.134 e. The molecule has 0 spiro atoms. The van der Waals surface area contributed by atoms with Crippen molar-refractivity contribution in [1.29, 1.82) is 0 Å². The summed E-state index contributed by atoms with van der Waals surface area (Å²) < 4.78 is 5.88. The van der Waals surface area contributed by atoms with E-state index in [0.29, 0.717) is 12.2 Å². The lowest BCUT2D eigenvalue weighted by atomic mass is 9.95. The minimum Gasteiger partial charge on any atom is -0.506 e. The monoisotopic (exact) mass is 276 g/mol. The first-order valence-electron chi connectivity index (χ1n) is 6.07. The lowest BCUT2D eigenvalue weighted by Crippen LogP contribution is -2.18. The van der Waals surface area contributed by atoms with Gasteiger partial charge in [-0.25, -0.2) is 0 Å². The molecule has 1 aliphatic rings. The summed E-state index contributed by atoms with van der Waals surface area (Å²) in [6.45, 7) is 0. The standard InChI is InChI=1S/C15H13ClO3/c16-11-7-9(5-6-12(11)17)15-8-13(18)10-3-1-2-4-14(10)19-15/h1-7,13,15,17-18H,8H2/t13-,15?/m0/s1. The van der Waals surface area contributed by atoms with Gasteiger partial charge in [-0.2, -0.15) is 0 Å². The van der Waals surface area contributed by atoms with Gasteiger partial charge in [0.15, 0.2) is 0 Å². The molecule has 0 amide bonds. The number of halogens is 1. The maximum Gasteiger partial charge on any atom is 0.134 e. The Morgan fingerprint density at radius 1 is 1.16 bits per heavy atom. The molecule has 2 N–H and O–H groups in total. The molecule has 1 unspecified atom stereocenters. The highest BCUT2D eigenvalue weighted by molar-refractivity contribution is 6.32. The molecular formula is C15H13ClO3. The number of ether oxygens (including phenoxy) is 1. The Balaban J connectivity index is 1.94. The minimum atomic E-state index is -0.553. The summed E-state index contributed by atoms with van der Waals surface area (Å²) in [4.78, 5) is 0. The number of aromatic hydroxyl groups is 1. The largest absolute Gasteiger partial charge is 0.506 e. The molecule has 0 aromatic heterocycles. The van der Waals surface area contributed by atoms with Gasteiger partial charge in [-0.15, -0.1) is 0 Å². The Labute approximate surface area is 116 Å². The summed E-state index contributed by atoms with van der Waals surface area (Å²) in [6.07, 6.45) is -0.344. The van der Waals surface area contributed by atoms with Crippen LogP contribution in [-0.4, -0.2) is 10.2 Å². The molecule has 0 saturated carbocycles. The summed E-state index contributed by atoms with van der Waals surface area (Å²) in [6, 6.07) is 12.4. The van der Waals surface area contributed by atoms with Crippen LogP contribution in [0.3, 0.4) is 0 Å². The number of para-hydroxylation sites is 1. The van der Waals surface area contributed by atoms with Gasteiger partial charge >= 0.3 is 0 Å². The maximum absolute atomic E-state index is 10.2. The van der Waals surface area contributed by atoms with Gasteiger partial charge in [-0.1, -0.05) is 35.9 Å². The van der Waals surface area contributed by atoms with E-state index >= 15 is 0 Å².